The maximum Gasteiger partial charge on any atom is 0.250 e. The average Bonchev–Trinajstić information content (AvgIpc) is 3.36. The zero-order chi connectivity index (χ0) is 22.0. The number of aliphatic hydroxyl groups excluding tert-OH is 1. The molecule has 7 heteroatoms. The van der Waals surface area contributed by atoms with Gasteiger partial charge in [-0.2, -0.15) is 0 Å². The van der Waals surface area contributed by atoms with Gasteiger partial charge >= 0.3 is 0 Å². The number of hydrogen-bond acceptors (Lipinski definition) is 4. The van der Waals surface area contributed by atoms with E-state index in [9.17, 15) is 14.7 Å². The first-order chi connectivity index (χ1) is 15.1. The van der Waals surface area contributed by atoms with Crippen molar-refractivity contribution in [3.05, 3.63) is 66.0 Å². The molecule has 4 rings (SSSR count). The first kappa shape index (κ1) is 20.4. The number of hydrogen-bond donors (Lipinski definition) is 3. The van der Waals surface area contributed by atoms with E-state index in [0.717, 1.165) is 21.8 Å². The molecular formula is C24H23N3O4. The van der Waals surface area contributed by atoms with Crippen LogP contribution in [0.25, 0.3) is 33.0 Å². The zero-order valence-corrected chi connectivity index (χ0v) is 17.1. The molecule has 0 radical (unpaired) electrons. The fraction of sp³-hybridized carbons (Fsp3) is 0.167. The van der Waals surface area contributed by atoms with Gasteiger partial charge in [0.15, 0.2) is 6.29 Å². The van der Waals surface area contributed by atoms with E-state index >= 15 is 0 Å². The summed E-state index contributed by atoms with van der Waals surface area (Å²) in [6.45, 7) is 0.605. The van der Waals surface area contributed by atoms with Crippen LogP contribution in [0.5, 0.6) is 5.75 Å². The Morgan fingerprint density at radius 1 is 1.19 bits per heavy atom. The highest BCUT2D eigenvalue weighted by atomic mass is 16.5. The van der Waals surface area contributed by atoms with Crippen molar-refractivity contribution in [1.82, 2.24) is 9.55 Å². The van der Waals surface area contributed by atoms with Gasteiger partial charge in [0, 0.05) is 64.1 Å². The second kappa shape index (κ2) is 8.49. The summed E-state index contributed by atoms with van der Waals surface area (Å²) in [5, 5.41) is 10.8. The van der Waals surface area contributed by atoms with Gasteiger partial charge in [0.05, 0.1) is 12.7 Å². The van der Waals surface area contributed by atoms with Gasteiger partial charge in [-0.05, 0) is 30.7 Å². The number of ether oxygens (including phenoxy) is 1. The molecule has 1 amide bonds. The number of aryl methyl sites for hydroxylation is 1. The lowest BCUT2D eigenvalue weighted by atomic mass is 9.94. The maximum atomic E-state index is 12.6. The summed E-state index contributed by atoms with van der Waals surface area (Å²) in [6.07, 6.45) is 4.74. The van der Waals surface area contributed by atoms with E-state index in [1.807, 2.05) is 53.2 Å². The molecule has 0 spiro atoms. The van der Waals surface area contributed by atoms with Crippen LogP contribution in [0.1, 0.15) is 17.5 Å². The highest BCUT2D eigenvalue weighted by Crippen LogP contribution is 2.35. The van der Waals surface area contributed by atoms with Crippen molar-refractivity contribution in [2.75, 3.05) is 13.7 Å². The number of para-hydroxylation sites is 1. The van der Waals surface area contributed by atoms with Gasteiger partial charge in [-0.15, -0.1) is 0 Å². The van der Waals surface area contributed by atoms with Gasteiger partial charge in [-0.3, -0.25) is 9.59 Å². The summed E-state index contributed by atoms with van der Waals surface area (Å²) in [5.74, 6) is -0.0577. The molecular weight excluding hydrogens is 394 g/mol. The molecule has 0 bridgehead atoms. The fourth-order valence-electron chi connectivity index (χ4n) is 3.99. The Morgan fingerprint density at radius 2 is 2.00 bits per heavy atom. The number of aldehydes is 1. The Balaban J connectivity index is 2.03. The predicted molar refractivity (Wildman–Crippen MR) is 121 cm³/mol. The molecule has 2 heterocycles. The van der Waals surface area contributed by atoms with Crippen LogP contribution in [0.15, 0.2) is 54.9 Å². The van der Waals surface area contributed by atoms with Crippen molar-refractivity contribution < 1.29 is 19.4 Å². The molecule has 0 saturated heterocycles. The number of nitrogens with zero attached hydrogens (tertiary/aromatic N) is 1. The number of methoxy groups -OCH3 is 1. The number of nitrogens with two attached hydrogens (primary N) is 1. The van der Waals surface area contributed by atoms with Gasteiger partial charge in [0.2, 0.25) is 5.91 Å². The Kier molecular flexibility index (Phi) is 5.60. The van der Waals surface area contributed by atoms with Crippen LogP contribution in [0, 0.1) is 0 Å². The Bertz CT molecular complexity index is 1310. The highest BCUT2D eigenvalue weighted by Gasteiger charge is 2.22. The molecule has 0 aliphatic rings. The molecule has 7 nitrogen and oxygen atoms in total. The molecule has 31 heavy (non-hydrogen) atoms. The largest absolute Gasteiger partial charge is 0.497 e. The van der Waals surface area contributed by atoms with Crippen LogP contribution >= 0.6 is 0 Å². The number of aliphatic hydroxyl groups is 1. The third-order valence-electron chi connectivity index (χ3n) is 5.43. The summed E-state index contributed by atoms with van der Waals surface area (Å²) in [4.78, 5) is 28.1. The average molecular weight is 417 g/mol. The lowest BCUT2D eigenvalue weighted by Gasteiger charge is -2.08. The molecule has 2 aromatic carbocycles. The minimum atomic E-state index is -0.689. The molecule has 4 N–H and O–H groups in total. The number of aromatic nitrogens is 2. The minimum absolute atomic E-state index is 0.0451. The number of nitrogens with one attached hydrogen (secondary N) is 1. The molecule has 2 aromatic heterocycles. The number of H-pyrrole nitrogens is 1. The molecule has 0 atom stereocenters. The van der Waals surface area contributed by atoms with Gasteiger partial charge in [-0.25, -0.2) is 0 Å². The maximum absolute atomic E-state index is 12.6. The number of benzene rings is 2. The number of carbonyl (C=O) groups is 2. The highest BCUT2D eigenvalue weighted by molar-refractivity contribution is 6.37. The van der Waals surface area contributed by atoms with Crippen molar-refractivity contribution in [3.63, 3.8) is 0 Å². The summed E-state index contributed by atoms with van der Waals surface area (Å²) < 4.78 is 7.32. The first-order valence-corrected chi connectivity index (χ1v) is 9.93. The number of aromatic amines is 1. The molecule has 0 fully saturated rings. The Morgan fingerprint density at radius 3 is 2.71 bits per heavy atom. The molecule has 0 unspecified atom stereocenters. The smallest absolute Gasteiger partial charge is 0.250 e. The normalized spacial score (nSPS) is 12.2. The van der Waals surface area contributed by atoms with E-state index in [4.69, 9.17) is 10.5 Å². The Labute approximate surface area is 178 Å². The molecule has 0 aliphatic carbocycles. The standard InChI is InChI=1S/C24H23N3O4/c1-31-15-7-8-22-17(11-15)19(13-27(22)9-4-10-28)20(14-29)23(24(25)30)18-12-26-21-6-3-2-5-16(18)21/h2-3,5-8,11-14,26,28H,4,9-10H2,1H3,(H2,25,30)/b23-20+. The van der Waals surface area contributed by atoms with Crippen molar-refractivity contribution in [3.8, 4) is 5.75 Å². The van der Waals surface area contributed by atoms with Crippen molar-refractivity contribution in [1.29, 1.82) is 0 Å². The summed E-state index contributed by atoms with van der Waals surface area (Å²) >= 11 is 0. The monoisotopic (exact) mass is 417 g/mol. The van der Waals surface area contributed by atoms with Crippen LogP contribution in [-0.4, -0.2) is 40.6 Å². The molecule has 4 aromatic rings. The number of carbonyl (C=O) groups excluding carboxylic acids is 2. The fourth-order valence-corrected chi connectivity index (χ4v) is 3.99. The van der Waals surface area contributed by atoms with Crippen LogP contribution in [-0.2, 0) is 16.1 Å². The third-order valence-corrected chi connectivity index (χ3v) is 5.43. The number of fused-ring (bicyclic) bond motifs is 2. The van der Waals surface area contributed by atoms with Gasteiger partial charge in [0.1, 0.15) is 5.75 Å². The van der Waals surface area contributed by atoms with E-state index in [-0.39, 0.29) is 17.8 Å². The third kappa shape index (κ3) is 3.60. The number of amides is 1. The van der Waals surface area contributed by atoms with Crippen molar-refractivity contribution >= 4 is 45.1 Å². The first-order valence-electron chi connectivity index (χ1n) is 9.93. The van der Waals surface area contributed by atoms with Gasteiger partial charge < -0.3 is 25.1 Å². The van der Waals surface area contributed by atoms with Gasteiger partial charge in [0.25, 0.3) is 0 Å². The van der Waals surface area contributed by atoms with E-state index in [0.29, 0.717) is 36.1 Å². The quantitative estimate of drug-likeness (QED) is 0.302. The molecule has 0 aliphatic heterocycles. The summed E-state index contributed by atoms with van der Waals surface area (Å²) in [5.41, 5.74) is 9.01. The second-order valence-electron chi connectivity index (χ2n) is 7.22. The van der Waals surface area contributed by atoms with E-state index < -0.39 is 5.91 Å². The summed E-state index contributed by atoms with van der Waals surface area (Å²) in [6, 6.07) is 13.1. The molecule has 0 saturated carbocycles. The van der Waals surface area contributed by atoms with E-state index in [1.54, 1.807) is 13.3 Å². The zero-order valence-electron chi connectivity index (χ0n) is 17.1. The Hall–Kier alpha value is -3.84. The lowest BCUT2D eigenvalue weighted by molar-refractivity contribution is -0.113. The minimum Gasteiger partial charge on any atom is -0.497 e. The lowest BCUT2D eigenvalue weighted by Crippen LogP contribution is -2.15. The van der Waals surface area contributed by atoms with Crippen LogP contribution in [0.3, 0.4) is 0 Å². The van der Waals surface area contributed by atoms with Crippen LogP contribution < -0.4 is 10.5 Å². The van der Waals surface area contributed by atoms with Gasteiger partial charge in [-0.1, -0.05) is 18.2 Å². The molecule has 158 valence electrons. The summed E-state index contributed by atoms with van der Waals surface area (Å²) in [7, 11) is 1.57. The van der Waals surface area contributed by atoms with Crippen molar-refractivity contribution in [2.45, 2.75) is 13.0 Å². The number of allylic oxidation sites excluding steroid dienone is 1. The van der Waals surface area contributed by atoms with Crippen molar-refractivity contribution in [2.24, 2.45) is 5.73 Å². The van der Waals surface area contributed by atoms with E-state index in [2.05, 4.69) is 4.98 Å². The number of rotatable bonds is 8. The predicted octanol–water partition coefficient (Wildman–Crippen LogP) is 3.11. The number of primary amides is 1. The SMILES string of the molecule is COc1ccc2c(c1)c(/C(C=O)=C(/C(N)=O)c1c[nH]c3ccccc13)cn2CCCO. The van der Waals surface area contributed by atoms with Crippen LogP contribution in [0.2, 0.25) is 0 Å². The van der Waals surface area contributed by atoms with E-state index in [1.165, 1.54) is 0 Å². The topological polar surface area (TPSA) is 110 Å². The van der Waals surface area contributed by atoms with Crippen LogP contribution in [0.4, 0.5) is 0 Å². The second-order valence-corrected chi connectivity index (χ2v) is 7.22.